The monoisotopic (exact) mass is 280 g/mol. The van der Waals surface area contributed by atoms with Crippen LogP contribution in [-0.2, 0) is 11.0 Å². The number of halogens is 3. The summed E-state index contributed by atoms with van der Waals surface area (Å²) >= 11 is 0.325. The summed E-state index contributed by atoms with van der Waals surface area (Å²) in [7, 11) is 0. The maximum absolute atomic E-state index is 12.3. The molecule has 1 aliphatic heterocycles. The van der Waals surface area contributed by atoms with E-state index in [9.17, 15) is 18.0 Å². The molecule has 5 nitrogen and oxygen atoms in total. The molecule has 0 radical (unpaired) electrons. The smallest absolute Gasteiger partial charge is 0.306 e. The lowest BCUT2D eigenvalue weighted by atomic mass is 10.0. The third-order valence-corrected chi connectivity index (χ3v) is 3.41. The van der Waals surface area contributed by atoms with Crippen LogP contribution in [-0.4, -0.2) is 28.7 Å². The first-order valence-electron chi connectivity index (χ1n) is 5.42. The number of hydrogen-bond donors (Lipinski definition) is 2. The first-order valence-corrected chi connectivity index (χ1v) is 6.23. The highest BCUT2D eigenvalue weighted by molar-refractivity contribution is 7.15. The standard InChI is InChI=1S/C9H11F3N4OS/c10-9(11,12)7-15-16-8(18-7)14-6(17)5-3-1-2-4-13-5/h5,13H,1-4H2,(H,14,16,17). The molecule has 1 aromatic heterocycles. The molecule has 1 aromatic rings. The molecule has 1 atom stereocenters. The molecule has 100 valence electrons. The van der Waals surface area contributed by atoms with Gasteiger partial charge >= 0.3 is 6.18 Å². The lowest BCUT2D eigenvalue weighted by molar-refractivity contribution is -0.138. The minimum Gasteiger partial charge on any atom is -0.306 e. The zero-order valence-electron chi connectivity index (χ0n) is 9.25. The fraction of sp³-hybridized carbons (Fsp3) is 0.667. The largest absolute Gasteiger partial charge is 0.445 e. The molecule has 0 aromatic carbocycles. The number of nitrogens with zero attached hydrogens (tertiary/aromatic N) is 2. The zero-order valence-corrected chi connectivity index (χ0v) is 10.1. The minimum atomic E-state index is -4.52. The van der Waals surface area contributed by atoms with Crippen molar-refractivity contribution in [3.63, 3.8) is 0 Å². The highest BCUT2D eigenvalue weighted by Crippen LogP contribution is 2.33. The second-order valence-corrected chi connectivity index (χ2v) is 4.88. The van der Waals surface area contributed by atoms with Gasteiger partial charge in [-0.15, -0.1) is 10.2 Å². The third-order valence-electron chi connectivity index (χ3n) is 2.52. The number of alkyl halides is 3. The molecular formula is C9H11F3N4OS. The molecule has 1 unspecified atom stereocenters. The number of carbonyl (C=O) groups excluding carboxylic acids is 1. The Balaban J connectivity index is 1.96. The van der Waals surface area contributed by atoms with Crippen LogP contribution in [0, 0.1) is 0 Å². The van der Waals surface area contributed by atoms with Gasteiger partial charge in [-0.3, -0.25) is 10.1 Å². The Kier molecular flexibility index (Phi) is 3.81. The predicted molar refractivity (Wildman–Crippen MR) is 59.2 cm³/mol. The molecule has 1 fully saturated rings. The van der Waals surface area contributed by atoms with Crippen LogP contribution in [0.1, 0.15) is 24.3 Å². The third kappa shape index (κ3) is 3.16. The summed E-state index contributed by atoms with van der Waals surface area (Å²) in [5, 5.41) is 10.5. The average molecular weight is 280 g/mol. The lowest BCUT2D eigenvalue weighted by Gasteiger charge is -2.21. The first kappa shape index (κ1) is 13.2. The van der Waals surface area contributed by atoms with Gasteiger partial charge in [-0.2, -0.15) is 13.2 Å². The van der Waals surface area contributed by atoms with E-state index in [0.717, 1.165) is 19.4 Å². The van der Waals surface area contributed by atoms with E-state index >= 15 is 0 Å². The van der Waals surface area contributed by atoms with E-state index in [2.05, 4.69) is 20.8 Å². The van der Waals surface area contributed by atoms with Gasteiger partial charge in [-0.05, 0) is 19.4 Å². The maximum atomic E-state index is 12.3. The summed E-state index contributed by atoms with van der Waals surface area (Å²) in [5.41, 5.74) is 0. The number of amides is 1. The molecule has 1 amide bonds. The van der Waals surface area contributed by atoms with Gasteiger partial charge in [-0.1, -0.05) is 17.8 Å². The van der Waals surface area contributed by atoms with Crippen LogP contribution < -0.4 is 10.6 Å². The molecule has 18 heavy (non-hydrogen) atoms. The minimum absolute atomic E-state index is 0.125. The van der Waals surface area contributed by atoms with Crippen LogP contribution in [0.15, 0.2) is 0 Å². The van der Waals surface area contributed by atoms with Crippen LogP contribution in [0.3, 0.4) is 0 Å². The molecule has 2 rings (SSSR count). The number of hydrogen-bond acceptors (Lipinski definition) is 5. The number of anilines is 1. The van der Waals surface area contributed by atoms with Gasteiger partial charge < -0.3 is 5.32 Å². The first-order chi connectivity index (χ1) is 8.47. The van der Waals surface area contributed by atoms with Gasteiger partial charge in [0.15, 0.2) is 0 Å². The summed E-state index contributed by atoms with van der Waals surface area (Å²) in [6, 6.07) is -0.364. The summed E-state index contributed by atoms with van der Waals surface area (Å²) < 4.78 is 36.8. The van der Waals surface area contributed by atoms with Gasteiger partial charge in [-0.25, -0.2) is 0 Å². The molecule has 0 bridgehead atoms. The summed E-state index contributed by atoms with van der Waals surface area (Å²) in [6.45, 7) is 0.738. The van der Waals surface area contributed by atoms with Gasteiger partial charge in [0.05, 0.1) is 6.04 Å². The molecule has 9 heteroatoms. The van der Waals surface area contributed by atoms with E-state index in [-0.39, 0.29) is 17.1 Å². The van der Waals surface area contributed by atoms with Crippen molar-refractivity contribution in [1.82, 2.24) is 15.5 Å². The Morgan fingerprint density at radius 1 is 1.39 bits per heavy atom. The van der Waals surface area contributed by atoms with Gasteiger partial charge in [0.25, 0.3) is 0 Å². The Hall–Kier alpha value is -1.22. The maximum Gasteiger partial charge on any atom is 0.445 e. The van der Waals surface area contributed by atoms with E-state index < -0.39 is 11.2 Å². The van der Waals surface area contributed by atoms with Crippen molar-refractivity contribution in [2.75, 3.05) is 11.9 Å². The highest BCUT2D eigenvalue weighted by Gasteiger charge is 2.36. The van der Waals surface area contributed by atoms with Crippen molar-refractivity contribution in [2.24, 2.45) is 0 Å². The van der Waals surface area contributed by atoms with Gasteiger partial charge in [0.2, 0.25) is 16.0 Å². The Morgan fingerprint density at radius 3 is 2.72 bits per heavy atom. The molecule has 0 aliphatic carbocycles. The Morgan fingerprint density at radius 2 is 2.17 bits per heavy atom. The van der Waals surface area contributed by atoms with Crippen molar-refractivity contribution in [3.05, 3.63) is 5.01 Å². The summed E-state index contributed by atoms with van der Waals surface area (Å²) in [5.74, 6) is -0.362. The normalized spacial score (nSPS) is 20.7. The Bertz CT molecular complexity index is 428. The topological polar surface area (TPSA) is 66.9 Å². The van der Waals surface area contributed by atoms with Crippen molar-refractivity contribution in [3.8, 4) is 0 Å². The molecule has 2 heterocycles. The molecule has 1 aliphatic rings. The fourth-order valence-electron chi connectivity index (χ4n) is 1.66. The fourth-order valence-corrected chi connectivity index (χ4v) is 2.27. The number of nitrogens with one attached hydrogen (secondary N) is 2. The van der Waals surface area contributed by atoms with E-state index in [1.54, 1.807) is 0 Å². The molecule has 0 spiro atoms. The number of carbonyl (C=O) groups is 1. The lowest BCUT2D eigenvalue weighted by Crippen LogP contribution is -2.43. The summed E-state index contributed by atoms with van der Waals surface area (Å²) in [4.78, 5) is 11.7. The van der Waals surface area contributed by atoms with Crippen molar-refractivity contribution >= 4 is 22.4 Å². The molecule has 2 N–H and O–H groups in total. The van der Waals surface area contributed by atoms with Crippen molar-refractivity contribution < 1.29 is 18.0 Å². The van der Waals surface area contributed by atoms with E-state index in [4.69, 9.17) is 0 Å². The van der Waals surface area contributed by atoms with Crippen molar-refractivity contribution in [2.45, 2.75) is 31.5 Å². The van der Waals surface area contributed by atoms with Crippen LogP contribution in [0.5, 0.6) is 0 Å². The van der Waals surface area contributed by atoms with Crippen LogP contribution in [0.25, 0.3) is 0 Å². The Labute approximate surface area is 105 Å². The predicted octanol–water partition coefficient (Wildman–Crippen LogP) is 1.64. The number of piperidine rings is 1. The van der Waals surface area contributed by atoms with Crippen LogP contribution in [0.4, 0.5) is 18.3 Å². The van der Waals surface area contributed by atoms with E-state index in [1.165, 1.54) is 0 Å². The average Bonchev–Trinajstić information content (AvgIpc) is 2.78. The van der Waals surface area contributed by atoms with E-state index in [0.29, 0.717) is 17.8 Å². The second-order valence-electron chi connectivity index (χ2n) is 3.90. The molecule has 0 saturated carbocycles. The molecular weight excluding hydrogens is 269 g/mol. The van der Waals surface area contributed by atoms with Crippen LogP contribution in [0.2, 0.25) is 0 Å². The SMILES string of the molecule is O=C(Nc1nnc(C(F)(F)F)s1)C1CCCCN1. The molecule has 1 saturated heterocycles. The quantitative estimate of drug-likeness (QED) is 0.864. The van der Waals surface area contributed by atoms with Crippen molar-refractivity contribution in [1.29, 1.82) is 0 Å². The highest BCUT2D eigenvalue weighted by atomic mass is 32.1. The van der Waals surface area contributed by atoms with E-state index in [1.807, 2.05) is 0 Å². The number of aromatic nitrogens is 2. The van der Waals surface area contributed by atoms with Crippen LogP contribution >= 0.6 is 11.3 Å². The number of rotatable bonds is 2. The zero-order chi connectivity index (χ0) is 13.2. The van der Waals surface area contributed by atoms with Gasteiger partial charge in [0, 0.05) is 0 Å². The summed E-state index contributed by atoms with van der Waals surface area (Å²) in [6.07, 6.45) is -1.92. The van der Waals surface area contributed by atoms with Gasteiger partial charge in [0.1, 0.15) is 0 Å². The second kappa shape index (κ2) is 5.19.